The molecule has 0 radical (unpaired) electrons. The van der Waals surface area contributed by atoms with Crippen molar-refractivity contribution in [3.63, 3.8) is 0 Å². The Morgan fingerprint density at radius 2 is 1.80 bits per heavy atom. The van der Waals surface area contributed by atoms with Crippen molar-refractivity contribution in [1.82, 2.24) is 0 Å². The first-order chi connectivity index (χ1) is 7.26. The largest absolute Gasteiger partial charge is 0.382 e. The number of rotatable bonds is 3. The van der Waals surface area contributed by atoms with Gasteiger partial charge in [-0.05, 0) is 13.8 Å². The maximum Gasteiger partial charge on any atom is 0.212 e. The summed E-state index contributed by atoms with van der Waals surface area (Å²) >= 11 is 1.38. The molecule has 1 aromatic carbocycles. The van der Waals surface area contributed by atoms with Crippen LogP contribution < -0.4 is 0 Å². The van der Waals surface area contributed by atoms with Crippen LogP contribution in [0.4, 0.5) is 0 Å². The lowest BCUT2D eigenvalue weighted by molar-refractivity contribution is 0.109. The summed E-state index contributed by atoms with van der Waals surface area (Å²) in [6.45, 7) is 5.67. The fourth-order valence-electron chi connectivity index (χ4n) is 0.896. The van der Waals surface area contributed by atoms with E-state index in [1.54, 1.807) is 0 Å². The minimum Gasteiger partial charge on any atom is -0.382 e. The van der Waals surface area contributed by atoms with Gasteiger partial charge in [-0.1, -0.05) is 30.3 Å². The second-order valence-corrected chi connectivity index (χ2v) is 4.64. The number of hydrogen-bond donors (Lipinski definition) is 0. The van der Waals surface area contributed by atoms with Gasteiger partial charge in [0.2, 0.25) is 5.12 Å². The van der Waals surface area contributed by atoms with Gasteiger partial charge in [-0.25, -0.2) is 0 Å². The maximum atomic E-state index is 11.0. The van der Waals surface area contributed by atoms with Gasteiger partial charge in [0.25, 0.3) is 0 Å². The molecule has 0 saturated carbocycles. The smallest absolute Gasteiger partial charge is 0.212 e. The van der Waals surface area contributed by atoms with Crippen molar-refractivity contribution < 1.29 is 9.53 Å². The molecule has 84 valence electrons. The summed E-state index contributed by atoms with van der Waals surface area (Å²) in [5.74, 6) is 0. The van der Waals surface area contributed by atoms with E-state index < -0.39 is 0 Å². The Hall–Kier alpha value is -0.583. The molecule has 0 aliphatic rings. The highest BCUT2D eigenvalue weighted by Crippen LogP contribution is 2.06. The minimum atomic E-state index is 0.187. The Morgan fingerprint density at radius 3 is 2.13 bits per heavy atom. The van der Waals surface area contributed by atoms with E-state index in [-0.39, 0.29) is 5.12 Å². The average molecular weight is 242 g/mol. The summed E-state index contributed by atoms with van der Waals surface area (Å²) in [5, 5.41) is 0.187. The molecule has 0 unspecified atom stereocenters. The number of ether oxygens (including phenoxy) is 1. The third-order valence-electron chi connectivity index (χ3n) is 1.60. The Bertz CT molecular complexity index is 263. The summed E-state index contributed by atoms with van der Waals surface area (Å²) < 4.78 is 4.83. The fourth-order valence-corrected chi connectivity index (χ4v) is 1.98. The quantitative estimate of drug-likeness (QED) is 0.757. The predicted octanol–water partition coefficient (Wildman–Crippen LogP) is 1.88. The number of benzene rings is 1. The minimum absolute atomic E-state index is 0.187. The van der Waals surface area contributed by atoms with Crippen LogP contribution in [0.1, 0.15) is 24.2 Å². The Labute approximate surface area is 98.5 Å². The highest BCUT2D eigenvalue weighted by Gasteiger charge is 1.99. The van der Waals surface area contributed by atoms with Crippen molar-refractivity contribution in [1.29, 1.82) is 0 Å². The molecule has 0 fully saturated rings. The molecule has 0 N–H and O–H groups in total. The summed E-state index contributed by atoms with van der Waals surface area (Å²) in [6, 6.07) is 9.35. The van der Waals surface area contributed by atoms with Crippen LogP contribution >= 0.6 is 11.2 Å². The first-order valence-corrected chi connectivity index (χ1v) is 8.64. The summed E-state index contributed by atoms with van der Waals surface area (Å²) in [6.07, 6.45) is 0. The van der Waals surface area contributed by atoms with Crippen LogP contribution in [0, 0.1) is 0 Å². The third-order valence-corrected chi connectivity index (χ3v) is 3.32. The van der Waals surface area contributed by atoms with E-state index in [0.717, 1.165) is 28.2 Å². The molecule has 0 amide bonds. The zero-order valence-electron chi connectivity index (χ0n) is 9.53. The highest BCUT2D eigenvalue weighted by atomic mass is 32.4. The van der Waals surface area contributed by atoms with Gasteiger partial charge in [-0.3, -0.25) is 4.79 Å². The van der Waals surface area contributed by atoms with Crippen LogP contribution in [0.5, 0.6) is 0 Å². The second-order valence-electron chi connectivity index (χ2n) is 2.64. The molecule has 0 spiro atoms. The first-order valence-electron chi connectivity index (χ1n) is 4.97. The molecule has 0 bridgehead atoms. The number of hydrogen-bond acceptors (Lipinski definition) is 3. The molecular weight excluding hydrogens is 224 g/mol. The van der Waals surface area contributed by atoms with Crippen LogP contribution in [0.2, 0.25) is 0 Å². The normalized spacial score (nSPS) is 9.20. The van der Waals surface area contributed by atoms with Crippen molar-refractivity contribution in [2.75, 3.05) is 13.2 Å². The fraction of sp³-hybridized carbons (Fsp3) is 0.364. The van der Waals surface area contributed by atoms with Gasteiger partial charge in [0.15, 0.2) is 0 Å². The van der Waals surface area contributed by atoms with E-state index in [4.69, 9.17) is 4.74 Å². The van der Waals surface area contributed by atoms with Crippen LogP contribution in [0.15, 0.2) is 30.3 Å². The van der Waals surface area contributed by atoms with E-state index >= 15 is 0 Å². The molecule has 2 nitrogen and oxygen atoms in total. The van der Waals surface area contributed by atoms with Gasteiger partial charge >= 0.3 is 0 Å². The van der Waals surface area contributed by atoms with E-state index in [0.29, 0.717) is 0 Å². The van der Waals surface area contributed by atoms with Crippen LogP contribution in [-0.2, 0) is 4.74 Å². The summed E-state index contributed by atoms with van der Waals surface area (Å²) in [4.78, 5) is 11.0. The standard InChI is InChI=1S/C7H8OSSi.C4H10O/c8-7(9-10)6-4-2-1-3-5-6;1-3-5-4-2/h1-5H,10H3;3-4H2,1-2H3. The molecule has 1 rings (SSSR count). The maximum absolute atomic E-state index is 11.0. The van der Waals surface area contributed by atoms with Crippen molar-refractivity contribution in [3.05, 3.63) is 35.9 Å². The zero-order chi connectivity index (χ0) is 11.5. The van der Waals surface area contributed by atoms with Crippen molar-refractivity contribution in [3.8, 4) is 0 Å². The van der Waals surface area contributed by atoms with Crippen LogP contribution in [-0.4, -0.2) is 27.7 Å². The lowest BCUT2D eigenvalue weighted by Crippen LogP contribution is -1.90. The van der Waals surface area contributed by atoms with Gasteiger partial charge in [0.05, 0.1) is 9.39 Å². The highest BCUT2D eigenvalue weighted by molar-refractivity contribution is 8.31. The van der Waals surface area contributed by atoms with Gasteiger partial charge in [0.1, 0.15) is 0 Å². The molecule has 0 heterocycles. The molecular formula is C11H18O2SSi. The topological polar surface area (TPSA) is 26.3 Å². The monoisotopic (exact) mass is 242 g/mol. The Balaban J connectivity index is 0.000000336. The molecule has 0 aliphatic heterocycles. The Kier molecular flexibility index (Phi) is 9.57. The second kappa shape index (κ2) is 9.95. The first kappa shape index (κ1) is 14.4. The van der Waals surface area contributed by atoms with Crippen molar-refractivity contribution in [2.24, 2.45) is 0 Å². The molecule has 0 aliphatic carbocycles. The third kappa shape index (κ3) is 7.36. The Morgan fingerprint density at radius 1 is 1.27 bits per heavy atom. The summed E-state index contributed by atoms with van der Waals surface area (Å²) in [5.41, 5.74) is 0.808. The summed E-state index contributed by atoms with van der Waals surface area (Å²) in [7, 11) is 0.875. The van der Waals surface area contributed by atoms with Gasteiger partial charge < -0.3 is 4.74 Å². The predicted molar refractivity (Wildman–Crippen MR) is 70.5 cm³/mol. The average Bonchev–Trinajstić information content (AvgIpc) is 2.31. The van der Waals surface area contributed by atoms with E-state index in [9.17, 15) is 4.79 Å². The van der Waals surface area contributed by atoms with E-state index in [1.807, 2.05) is 44.2 Å². The molecule has 0 atom stereocenters. The molecule has 4 heteroatoms. The van der Waals surface area contributed by atoms with Gasteiger partial charge in [-0.2, -0.15) is 0 Å². The van der Waals surface area contributed by atoms with E-state index in [1.165, 1.54) is 11.2 Å². The zero-order valence-corrected chi connectivity index (χ0v) is 12.3. The van der Waals surface area contributed by atoms with Crippen molar-refractivity contribution >= 4 is 25.7 Å². The molecule has 0 aromatic heterocycles. The van der Waals surface area contributed by atoms with Gasteiger partial charge in [0, 0.05) is 18.8 Å². The van der Waals surface area contributed by atoms with Crippen molar-refractivity contribution in [2.45, 2.75) is 13.8 Å². The number of carbonyl (C=O) groups is 1. The molecule has 15 heavy (non-hydrogen) atoms. The van der Waals surface area contributed by atoms with Gasteiger partial charge in [-0.15, -0.1) is 11.2 Å². The van der Waals surface area contributed by atoms with Crippen LogP contribution in [0.3, 0.4) is 0 Å². The SMILES string of the molecule is CCOCC.O=C(S[SiH3])c1ccccc1. The molecule has 1 aromatic rings. The van der Waals surface area contributed by atoms with E-state index in [2.05, 4.69) is 0 Å². The lowest BCUT2D eigenvalue weighted by Gasteiger charge is -1.93. The molecule has 0 saturated heterocycles. The lowest BCUT2D eigenvalue weighted by atomic mass is 10.2. The van der Waals surface area contributed by atoms with Crippen LogP contribution in [0.25, 0.3) is 0 Å². The number of carbonyl (C=O) groups excluding carboxylic acids is 1.